The summed E-state index contributed by atoms with van der Waals surface area (Å²) in [5.41, 5.74) is 1.32. The zero-order chi connectivity index (χ0) is 11.7. The van der Waals surface area contributed by atoms with Crippen molar-refractivity contribution in [3.8, 4) is 5.75 Å². The number of phenols is 1. The van der Waals surface area contributed by atoms with Crippen LogP contribution in [0.4, 0.5) is 0 Å². The Morgan fingerprint density at radius 2 is 1.50 bits per heavy atom. The molecule has 1 unspecified atom stereocenters. The molecule has 0 saturated heterocycles. The van der Waals surface area contributed by atoms with E-state index in [1.807, 2.05) is 18.2 Å². The molecule has 84 valence electrons. The minimum absolute atomic E-state index is 0.371. The zero-order valence-corrected chi connectivity index (χ0v) is 10.1. The van der Waals surface area contributed by atoms with Crippen LogP contribution in [0.25, 0.3) is 10.8 Å². The van der Waals surface area contributed by atoms with Crippen molar-refractivity contribution in [3.63, 3.8) is 0 Å². The minimum atomic E-state index is 0.371. The lowest BCUT2D eigenvalue weighted by atomic mass is 9.87. The third-order valence-corrected chi connectivity index (χ3v) is 3.42. The molecule has 0 aliphatic heterocycles. The van der Waals surface area contributed by atoms with Gasteiger partial charge >= 0.3 is 0 Å². The molecule has 2 aromatic rings. The second kappa shape index (κ2) is 4.17. The van der Waals surface area contributed by atoms with E-state index >= 15 is 0 Å². The molecule has 0 aliphatic carbocycles. The van der Waals surface area contributed by atoms with E-state index in [4.69, 9.17) is 0 Å². The highest BCUT2D eigenvalue weighted by atomic mass is 16.3. The lowest BCUT2D eigenvalue weighted by Gasteiger charge is -2.18. The van der Waals surface area contributed by atoms with Gasteiger partial charge in [-0.2, -0.15) is 0 Å². The Bertz CT molecular complexity index is 500. The molecule has 0 saturated carbocycles. The van der Waals surface area contributed by atoms with Crippen molar-refractivity contribution in [1.82, 2.24) is 0 Å². The SMILES string of the molecule is CC(C)C(C)c1cccc2c(O)cccc12. The van der Waals surface area contributed by atoms with Crippen molar-refractivity contribution in [3.05, 3.63) is 42.0 Å². The number of aromatic hydroxyl groups is 1. The van der Waals surface area contributed by atoms with Gasteiger partial charge in [-0.1, -0.05) is 51.1 Å². The fraction of sp³-hybridized carbons (Fsp3) is 0.333. The van der Waals surface area contributed by atoms with E-state index < -0.39 is 0 Å². The topological polar surface area (TPSA) is 20.2 Å². The molecule has 0 radical (unpaired) electrons. The molecule has 0 fully saturated rings. The van der Waals surface area contributed by atoms with E-state index in [9.17, 15) is 5.11 Å². The molecule has 0 heterocycles. The first-order valence-corrected chi connectivity index (χ1v) is 5.82. The third kappa shape index (κ3) is 1.78. The van der Waals surface area contributed by atoms with Crippen molar-refractivity contribution in [2.45, 2.75) is 26.7 Å². The number of fused-ring (bicyclic) bond motifs is 1. The standard InChI is InChI=1S/C15H18O/c1-10(2)11(3)12-6-4-8-14-13(12)7-5-9-15(14)16/h4-11,16H,1-3H3. The molecule has 2 rings (SSSR count). The molecule has 0 aliphatic rings. The van der Waals surface area contributed by atoms with E-state index in [1.54, 1.807) is 6.07 Å². The van der Waals surface area contributed by atoms with Gasteiger partial charge in [0.25, 0.3) is 0 Å². The van der Waals surface area contributed by atoms with Crippen molar-refractivity contribution in [1.29, 1.82) is 0 Å². The van der Waals surface area contributed by atoms with Gasteiger partial charge in [0.05, 0.1) is 0 Å². The average molecular weight is 214 g/mol. The van der Waals surface area contributed by atoms with Crippen LogP contribution in [0.1, 0.15) is 32.3 Å². The van der Waals surface area contributed by atoms with Crippen LogP contribution in [0.15, 0.2) is 36.4 Å². The van der Waals surface area contributed by atoms with Crippen LogP contribution in [0.3, 0.4) is 0 Å². The van der Waals surface area contributed by atoms with Gasteiger partial charge in [-0.3, -0.25) is 0 Å². The molecule has 16 heavy (non-hydrogen) atoms. The van der Waals surface area contributed by atoms with Gasteiger partial charge in [0.1, 0.15) is 5.75 Å². The molecule has 1 N–H and O–H groups in total. The quantitative estimate of drug-likeness (QED) is 0.790. The smallest absolute Gasteiger partial charge is 0.123 e. The number of rotatable bonds is 2. The maximum absolute atomic E-state index is 9.82. The summed E-state index contributed by atoms with van der Waals surface area (Å²) in [7, 11) is 0. The maximum atomic E-state index is 9.82. The number of benzene rings is 2. The fourth-order valence-corrected chi connectivity index (χ4v) is 2.07. The van der Waals surface area contributed by atoms with E-state index in [1.165, 1.54) is 10.9 Å². The highest BCUT2D eigenvalue weighted by Crippen LogP contribution is 2.33. The van der Waals surface area contributed by atoms with Gasteiger partial charge in [0, 0.05) is 5.39 Å². The second-order valence-electron chi connectivity index (χ2n) is 4.75. The van der Waals surface area contributed by atoms with Crippen molar-refractivity contribution >= 4 is 10.8 Å². The van der Waals surface area contributed by atoms with Crippen molar-refractivity contribution in [2.24, 2.45) is 5.92 Å². The first-order valence-electron chi connectivity index (χ1n) is 5.82. The van der Waals surface area contributed by atoms with Crippen molar-refractivity contribution < 1.29 is 5.11 Å². The molecule has 1 nitrogen and oxygen atoms in total. The lowest BCUT2D eigenvalue weighted by molar-refractivity contribution is 0.481. The summed E-state index contributed by atoms with van der Waals surface area (Å²) >= 11 is 0. The molecule has 1 heteroatoms. The van der Waals surface area contributed by atoms with Gasteiger partial charge in [-0.25, -0.2) is 0 Å². The van der Waals surface area contributed by atoms with Crippen LogP contribution in [-0.4, -0.2) is 5.11 Å². The molecule has 0 bridgehead atoms. The summed E-state index contributed by atoms with van der Waals surface area (Å²) in [5.74, 6) is 1.48. The zero-order valence-electron chi connectivity index (χ0n) is 10.1. The minimum Gasteiger partial charge on any atom is -0.507 e. The molecule has 0 amide bonds. The van der Waals surface area contributed by atoms with Crippen LogP contribution in [0.2, 0.25) is 0 Å². The predicted octanol–water partition coefficient (Wildman–Crippen LogP) is 4.30. The Labute approximate surface area is 96.7 Å². The first-order chi connectivity index (χ1) is 7.61. The Balaban J connectivity index is 2.67. The van der Waals surface area contributed by atoms with E-state index in [0.717, 1.165) is 5.39 Å². The molecular formula is C15H18O. The molecule has 1 atom stereocenters. The van der Waals surface area contributed by atoms with E-state index in [0.29, 0.717) is 17.6 Å². The van der Waals surface area contributed by atoms with Crippen LogP contribution in [-0.2, 0) is 0 Å². The molecule has 0 aromatic heterocycles. The largest absolute Gasteiger partial charge is 0.507 e. The Kier molecular flexibility index (Phi) is 2.86. The normalized spacial score (nSPS) is 13.2. The summed E-state index contributed by atoms with van der Waals surface area (Å²) in [6, 6.07) is 11.9. The van der Waals surface area contributed by atoms with Crippen molar-refractivity contribution in [2.75, 3.05) is 0 Å². The fourth-order valence-electron chi connectivity index (χ4n) is 2.07. The number of hydrogen-bond donors (Lipinski definition) is 1. The van der Waals surface area contributed by atoms with Crippen LogP contribution >= 0.6 is 0 Å². The summed E-state index contributed by atoms with van der Waals surface area (Å²) in [5, 5.41) is 11.9. The number of hydrogen-bond acceptors (Lipinski definition) is 1. The molecular weight excluding hydrogens is 196 g/mol. The van der Waals surface area contributed by atoms with Gasteiger partial charge in [-0.15, -0.1) is 0 Å². The average Bonchev–Trinajstić information content (AvgIpc) is 2.28. The lowest BCUT2D eigenvalue weighted by Crippen LogP contribution is -2.02. The number of phenolic OH excluding ortho intramolecular Hbond substituents is 1. The highest BCUT2D eigenvalue weighted by molar-refractivity contribution is 5.91. The van der Waals surface area contributed by atoms with Gasteiger partial charge < -0.3 is 5.11 Å². The third-order valence-electron chi connectivity index (χ3n) is 3.42. The Morgan fingerprint density at radius 1 is 0.875 bits per heavy atom. The van der Waals surface area contributed by atoms with Gasteiger partial charge in [0.15, 0.2) is 0 Å². The second-order valence-corrected chi connectivity index (χ2v) is 4.75. The van der Waals surface area contributed by atoms with Gasteiger partial charge in [-0.05, 0) is 28.9 Å². The summed E-state index contributed by atoms with van der Waals surface area (Å²) in [6.45, 7) is 6.70. The van der Waals surface area contributed by atoms with Crippen LogP contribution in [0.5, 0.6) is 5.75 Å². The first kappa shape index (κ1) is 11.0. The maximum Gasteiger partial charge on any atom is 0.123 e. The monoisotopic (exact) mass is 214 g/mol. The van der Waals surface area contributed by atoms with E-state index in [2.05, 4.69) is 32.9 Å². The van der Waals surface area contributed by atoms with Gasteiger partial charge in [0.2, 0.25) is 0 Å². The van der Waals surface area contributed by atoms with Crippen LogP contribution < -0.4 is 0 Å². The summed E-state index contributed by atoms with van der Waals surface area (Å²) < 4.78 is 0. The Hall–Kier alpha value is -1.50. The Morgan fingerprint density at radius 3 is 2.19 bits per heavy atom. The van der Waals surface area contributed by atoms with Crippen LogP contribution in [0, 0.1) is 5.92 Å². The summed E-state index contributed by atoms with van der Waals surface area (Å²) in [6.07, 6.45) is 0. The summed E-state index contributed by atoms with van der Waals surface area (Å²) in [4.78, 5) is 0. The highest BCUT2D eigenvalue weighted by Gasteiger charge is 2.13. The molecule has 0 spiro atoms. The molecule has 2 aromatic carbocycles. The van der Waals surface area contributed by atoms with E-state index in [-0.39, 0.29) is 0 Å². The predicted molar refractivity (Wildman–Crippen MR) is 68.9 cm³/mol.